The Morgan fingerprint density at radius 2 is 1.45 bits per heavy atom. The van der Waals surface area contributed by atoms with E-state index in [1.165, 1.54) is 16.7 Å². The quantitative estimate of drug-likeness (QED) is 0.628. The standard InChI is InChI=1S/C18H15ClN/c19-18-10-8-15(9-11-18)13-20-12-4-7-17(14-20)16-5-2-1-3-6-16/h1-12,14H,13H2/q+1. The average molecular weight is 281 g/mol. The van der Waals surface area contributed by atoms with Crippen molar-refractivity contribution in [1.82, 2.24) is 0 Å². The van der Waals surface area contributed by atoms with Crippen LogP contribution < -0.4 is 4.57 Å². The number of benzene rings is 2. The molecular weight excluding hydrogens is 266 g/mol. The Morgan fingerprint density at radius 3 is 2.20 bits per heavy atom. The molecule has 20 heavy (non-hydrogen) atoms. The minimum absolute atomic E-state index is 0.775. The first kappa shape index (κ1) is 12.9. The molecule has 0 atom stereocenters. The third-order valence-corrected chi connectivity index (χ3v) is 3.50. The molecule has 0 aliphatic heterocycles. The number of aromatic nitrogens is 1. The summed E-state index contributed by atoms with van der Waals surface area (Å²) in [7, 11) is 0. The van der Waals surface area contributed by atoms with Gasteiger partial charge in [0.25, 0.3) is 0 Å². The van der Waals surface area contributed by atoms with E-state index in [1.54, 1.807) is 0 Å². The molecule has 3 aromatic rings. The molecule has 98 valence electrons. The van der Waals surface area contributed by atoms with Gasteiger partial charge in [-0.15, -0.1) is 0 Å². The third kappa shape index (κ3) is 3.06. The van der Waals surface area contributed by atoms with Gasteiger partial charge in [-0.1, -0.05) is 54.1 Å². The fourth-order valence-corrected chi connectivity index (χ4v) is 2.35. The summed E-state index contributed by atoms with van der Waals surface area (Å²) in [6, 6.07) is 22.6. The molecule has 0 saturated carbocycles. The van der Waals surface area contributed by atoms with Crippen LogP contribution in [0.1, 0.15) is 5.56 Å². The van der Waals surface area contributed by atoms with Gasteiger partial charge in [-0.3, -0.25) is 0 Å². The molecule has 0 fully saturated rings. The molecule has 2 heteroatoms. The second kappa shape index (κ2) is 5.89. The van der Waals surface area contributed by atoms with E-state index in [-0.39, 0.29) is 0 Å². The van der Waals surface area contributed by atoms with Gasteiger partial charge in [-0.2, -0.15) is 0 Å². The molecule has 0 bridgehead atoms. The van der Waals surface area contributed by atoms with Gasteiger partial charge in [0.15, 0.2) is 18.9 Å². The van der Waals surface area contributed by atoms with E-state index in [1.807, 2.05) is 18.2 Å². The molecule has 1 aromatic heterocycles. The van der Waals surface area contributed by atoms with Gasteiger partial charge in [0.2, 0.25) is 0 Å². The van der Waals surface area contributed by atoms with Crippen molar-refractivity contribution < 1.29 is 4.57 Å². The van der Waals surface area contributed by atoms with Crippen LogP contribution in [0, 0.1) is 0 Å². The Balaban J connectivity index is 1.86. The lowest BCUT2D eigenvalue weighted by atomic mass is 10.1. The maximum atomic E-state index is 5.91. The molecule has 0 radical (unpaired) electrons. The monoisotopic (exact) mass is 280 g/mol. The van der Waals surface area contributed by atoms with Crippen LogP contribution in [-0.4, -0.2) is 0 Å². The van der Waals surface area contributed by atoms with E-state index in [4.69, 9.17) is 11.6 Å². The summed E-state index contributed by atoms with van der Waals surface area (Å²) >= 11 is 5.91. The molecule has 2 aromatic carbocycles. The normalized spacial score (nSPS) is 10.4. The molecule has 1 heterocycles. The molecule has 0 saturated heterocycles. The van der Waals surface area contributed by atoms with Crippen LogP contribution in [0.3, 0.4) is 0 Å². The Labute approximate surface area is 124 Å². The van der Waals surface area contributed by atoms with Gasteiger partial charge < -0.3 is 0 Å². The molecular formula is C18H15ClN+. The van der Waals surface area contributed by atoms with Gasteiger partial charge in [0.05, 0.1) is 0 Å². The van der Waals surface area contributed by atoms with Crippen molar-refractivity contribution in [3.8, 4) is 11.1 Å². The van der Waals surface area contributed by atoms with Crippen molar-refractivity contribution in [2.45, 2.75) is 6.54 Å². The van der Waals surface area contributed by atoms with Crippen LogP contribution in [0.4, 0.5) is 0 Å². The number of rotatable bonds is 3. The first-order valence-corrected chi connectivity index (χ1v) is 6.98. The third-order valence-electron chi connectivity index (χ3n) is 3.24. The van der Waals surface area contributed by atoms with Gasteiger partial charge >= 0.3 is 0 Å². The molecule has 0 N–H and O–H groups in total. The lowest BCUT2D eigenvalue weighted by molar-refractivity contribution is -0.687. The predicted molar refractivity (Wildman–Crippen MR) is 82.6 cm³/mol. The lowest BCUT2D eigenvalue weighted by Crippen LogP contribution is -2.33. The highest BCUT2D eigenvalue weighted by atomic mass is 35.5. The zero-order chi connectivity index (χ0) is 13.8. The van der Waals surface area contributed by atoms with Crippen LogP contribution in [0.25, 0.3) is 11.1 Å². The summed E-state index contributed by atoms with van der Waals surface area (Å²) in [4.78, 5) is 0. The molecule has 1 nitrogen and oxygen atoms in total. The van der Waals surface area contributed by atoms with E-state index in [2.05, 4.69) is 65.5 Å². The van der Waals surface area contributed by atoms with Crippen molar-refractivity contribution >= 4 is 11.6 Å². The Kier molecular flexibility index (Phi) is 3.80. The highest BCUT2D eigenvalue weighted by Crippen LogP contribution is 2.16. The summed E-state index contributed by atoms with van der Waals surface area (Å²) in [5.74, 6) is 0. The summed E-state index contributed by atoms with van der Waals surface area (Å²) in [6.07, 6.45) is 4.25. The second-order valence-electron chi connectivity index (χ2n) is 4.76. The van der Waals surface area contributed by atoms with E-state index >= 15 is 0 Å². The molecule has 3 rings (SSSR count). The maximum absolute atomic E-state index is 5.91. The SMILES string of the molecule is Clc1ccc(C[n+]2cccc(-c3ccccc3)c2)cc1. The minimum Gasteiger partial charge on any atom is -0.200 e. The van der Waals surface area contributed by atoms with Crippen molar-refractivity contribution in [1.29, 1.82) is 0 Å². The van der Waals surface area contributed by atoms with Crippen LogP contribution in [-0.2, 0) is 6.54 Å². The average Bonchev–Trinajstić information content (AvgIpc) is 2.51. The van der Waals surface area contributed by atoms with E-state index in [0.29, 0.717) is 0 Å². The Morgan fingerprint density at radius 1 is 0.750 bits per heavy atom. The number of hydrogen-bond donors (Lipinski definition) is 0. The summed E-state index contributed by atoms with van der Waals surface area (Å²) in [5, 5.41) is 0.775. The zero-order valence-corrected chi connectivity index (χ0v) is 11.8. The fraction of sp³-hybridized carbons (Fsp3) is 0.0556. The number of hydrogen-bond acceptors (Lipinski definition) is 0. The Hall–Kier alpha value is -2.12. The molecule has 0 aliphatic rings. The van der Waals surface area contributed by atoms with Crippen LogP contribution in [0.2, 0.25) is 5.02 Å². The first-order valence-electron chi connectivity index (χ1n) is 6.60. The van der Waals surface area contributed by atoms with Crippen LogP contribution >= 0.6 is 11.6 Å². The van der Waals surface area contributed by atoms with E-state index in [9.17, 15) is 0 Å². The summed E-state index contributed by atoms with van der Waals surface area (Å²) in [6.45, 7) is 0.845. The highest BCUT2D eigenvalue weighted by molar-refractivity contribution is 6.30. The van der Waals surface area contributed by atoms with Crippen molar-refractivity contribution in [3.63, 3.8) is 0 Å². The second-order valence-corrected chi connectivity index (χ2v) is 5.19. The van der Waals surface area contributed by atoms with Gasteiger partial charge in [-0.25, -0.2) is 4.57 Å². The minimum atomic E-state index is 0.775. The number of nitrogens with zero attached hydrogens (tertiary/aromatic N) is 1. The van der Waals surface area contributed by atoms with Gasteiger partial charge in [0, 0.05) is 22.2 Å². The van der Waals surface area contributed by atoms with Gasteiger partial charge in [0.1, 0.15) is 0 Å². The maximum Gasteiger partial charge on any atom is 0.176 e. The highest BCUT2D eigenvalue weighted by Gasteiger charge is 2.05. The van der Waals surface area contributed by atoms with Crippen molar-refractivity contribution in [3.05, 3.63) is 89.7 Å². The predicted octanol–water partition coefficient (Wildman–Crippen LogP) is 4.34. The van der Waals surface area contributed by atoms with E-state index in [0.717, 1.165) is 11.6 Å². The number of halogens is 1. The van der Waals surface area contributed by atoms with E-state index < -0.39 is 0 Å². The molecule has 0 unspecified atom stereocenters. The van der Waals surface area contributed by atoms with Gasteiger partial charge in [-0.05, 0) is 23.8 Å². The van der Waals surface area contributed by atoms with Crippen molar-refractivity contribution in [2.24, 2.45) is 0 Å². The topological polar surface area (TPSA) is 3.88 Å². The lowest BCUT2D eigenvalue weighted by Gasteiger charge is -2.02. The molecule has 0 aliphatic carbocycles. The Bertz CT molecular complexity index is 690. The smallest absolute Gasteiger partial charge is 0.176 e. The fourth-order valence-electron chi connectivity index (χ4n) is 2.22. The summed E-state index contributed by atoms with van der Waals surface area (Å²) < 4.78 is 2.19. The largest absolute Gasteiger partial charge is 0.200 e. The molecule has 0 spiro atoms. The van der Waals surface area contributed by atoms with Crippen LogP contribution in [0.15, 0.2) is 79.1 Å². The molecule has 0 amide bonds. The summed E-state index contributed by atoms with van der Waals surface area (Å²) in [5.41, 5.74) is 3.70. The number of pyridine rings is 1. The zero-order valence-electron chi connectivity index (χ0n) is 11.0. The van der Waals surface area contributed by atoms with Crippen LogP contribution in [0.5, 0.6) is 0 Å². The first-order chi connectivity index (χ1) is 9.81. The van der Waals surface area contributed by atoms with Crippen molar-refractivity contribution in [2.75, 3.05) is 0 Å².